The van der Waals surface area contributed by atoms with Crippen LogP contribution in [-0.2, 0) is 0 Å². The summed E-state index contributed by atoms with van der Waals surface area (Å²) >= 11 is 0. The van der Waals surface area contributed by atoms with Crippen molar-refractivity contribution in [3.63, 3.8) is 0 Å². The summed E-state index contributed by atoms with van der Waals surface area (Å²) in [7, 11) is 3.09. The molecule has 152 valence electrons. The van der Waals surface area contributed by atoms with Gasteiger partial charge in [-0.2, -0.15) is 0 Å². The van der Waals surface area contributed by atoms with Crippen LogP contribution in [0.2, 0.25) is 0 Å². The number of anilines is 2. The highest BCUT2D eigenvalue weighted by Gasteiger charge is 2.09. The number of halogens is 1. The van der Waals surface area contributed by atoms with E-state index in [-0.39, 0.29) is 11.8 Å². The van der Waals surface area contributed by atoms with Gasteiger partial charge in [-0.25, -0.2) is 9.18 Å². The third kappa shape index (κ3) is 4.05. The number of carbonyl (C=O) groups is 1. The van der Waals surface area contributed by atoms with E-state index in [0.29, 0.717) is 22.9 Å². The fourth-order valence-electron chi connectivity index (χ4n) is 3.20. The molecule has 0 saturated heterocycles. The third-order valence-corrected chi connectivity index (χ3v) is 4.68. The molecule has 1 heterocycles. The summed E-state index contributed by atoms with van der Waals surface area (Å²) in [5.41, 5.74) is 3.88. The maximum Gasteiger partial charge on any atom is 0.323 e. The second-order valence-corrected chi connectivity index (χ2v) is 6.64. The number of aromatic amines is 1. The van der Waals surface area contributed by atoms with Crippen molar-refractivity contribution in [3.8, 4) is 22.8 Å². The minimum absolute atomic E-state index is 0.270. The van der Waals surface area contributed by atoms with Crippen LogP contribution in [0, 0.1) is 5.82 Å². The van der Waals surface area contributed by atoms with Crippen LogP contribution in [0.4, 0.5) is 20.6 Å². The van der Waals surface area contributed by atoms with Gasteiger partial charge in [-0.1, -0.05) is 12.1 Å². The number of ether oxygens (including phenoxy) is 2. The number of urea groups is 1. The van der Waals surface area contributed by atoms with Gasteiger partial charge < -0.3 is 25.1 Å². The lowest BCUT2D eigenvalue weighted by molar-refractivity contribution is 0.262. The summed E-state index contributed by atoms with van der Waals surface area (Å²) in [5, 5.41) is 6.35. The first kappa shape index (κ1) is 19.3. The molecule has 0 radical (unpaired) electrons. The van der Waals surface area contributed by atoms with Crippen molar-refractivity contribution >= 4 is 28.3 Å². The number of aromatic nitrogens is 1. The van der Waals surface area contributed by atoms with Crippen LogP contribution >= 0.6 is 0 Å². The number of hydrogen-bond donors (Lipinski definition) is 3. The average molecular weight is 405 g/mol. The van der Waals surface area contributed by atoms with Crippen LogP contribution in [0.5, 0.6) is 11.5 Å². The van der Waals surface area contributed by atoms with Crippen LogP contribution in [0.3, 0.4) is 0 Å². The Morgan fingerprint density at radius 2 is 1.53 bits per heavy atom. The Bertz CT molecular complexity index is 1200. The Labute approximate surface area is 172 Å². The van der Waals surface area contributed by atoms with Crippen LogP contribution < -0.4 is 20.1 Å². The third-order valence-electron chi connectivity index (χ3n) is 4.68. The highest BCUT2D eigenvalue weighted by Crippen LogP contribution is 2.30. The number of benzene rings is 3. The molecule has 0 spiro atoms. The predicted octanol–water partition coefficient (Wildman–Crippen LogP) is 5.64. The zero-order valence-corrected chi connectivity index (χ0v) is 16.5. The molecule has 0 bridgehead atoms. The number of rotatable bonds is 5. The molecule has 4 rings (SSSR count). The topological polar surface area (TPSA) is 75.4 Å². The van der Waals surface area contributed by atoms with E-state index in [2.05, 4.69) is 15.6 Å². The number of amides is 2. The number of hydrogen-bond acceptors (Lipinski definition) is 3. The van der Waals surface area contributed by atoms with E-state index in [9.17, 15) is 9.18 Å². The fraction of sp³-hybridized carbons (Fsp3) is 0.0870. The zero-order chi connectivity index (χ0) is 21.1. The number of H-pyrrole nitrogens is 1. The lowest BCUT2D eigenvalue weighted by atomic mass is 10.1. The molecule has 0 unspecified atom stereocenters. The average Bonchev–Trinajstić information content (AvgIpc) is 3.17. The second-order valence-electron chi connectivity index (χ2n) is 6.64. The molecule has 3 aromatic carbocycles. The molecule has 0 saturated carbocycles. The largest absolute Gasteiger partial charge is 0.493 e. The molecule has 2 amide bonds. The first-order chi connectivity index (χ1) is 14.6. The Morgan fingerprint density at radius 3 is 2.27 bits per heavy atom. The van der Waals surface area contributed by atoms with Gasteiger partial charge in [0.25, 0.3) is 0 Å². The summed E-state index contributed by atoms with van der Waals surface area (Å²) in [6.45, 7) is 0. The molecule has 7 heteroatoms. The number of nitrogens with one attached hydrogen (secondary N) is 3. The van der Waals surface area contributed by atoms with Gasteiger partial charge >= 0.3 is 6.03 Å². The smallest absolute Gasteiger partial charge is 0.323 e. The first-order valence-electron chi connectivity index (χ1n) is 9.24. The normalized spacial score (nSPS) is 10.6. The van der Waals surface area contributed by atoms with Crippen molar-refractivity contribution < 1.29 is 18.7 Å². The molecule has 1 aromatic heterocycles. The molecule has 0 fully saturated rings. The van der Waals surface area contributed by atoms with Gasteiger partial charge in [0.1, 0.15) is 5.82 Å². The van der Waals surface area contributed by atoms with E-state index in [1.165, 1.54) is 19.2 Å². The van der Waals surface area contributed by atoms with E-state index in [1.807, 2.05) is 18.2 Å². The zero-order valence-electron chi connectivity index (χ0n) is 16.5. The standard InChI is InChI=1S/C23H20FN3O3/c1-29-21-10-8-18(13-22(21)30-2)26-23(28)25-17-6-3-14(4-7-17)20-12-15-11-16(24)5-9-19(15)27-20/h3-13,27H,1-2H3,(H2,25,26,28). The van der Waals surface area contributed by atoms with Gasteiger partial charge in [0, 0.05) is 34.0 Å². The van der Waals surface area contributed by atoms with Crippen molar-refractivity contribution in [2.24, 2.45) is 0 Å². The van der Waals surface area contributed by atoms with Crippen molar-refractivity contribution in [2.75, 3.05) is 24.9 Å². The number of carbonyl (C=O) groups excluding carboxylic acids is 1. The molecule has 6 nitrogen and oxygen atoms in total. The molecular formula is C23H20FN3O3. The van der Waals surface area contributed by atoms with Crippen LogP contribution in [0.1, 0.15) is 0 Å². The monoisotopic (exact) mass is 405 g/mol. The minimum Gasteiger partial charge on any atom is -0.493 e. The molecule has 0 atom stereocenters. The van der Waals surface area contributed by atoms with Crippen LogP contribution in [-0.4, -0.2) is 25.2 Å². The number of methoxy groups -OCH3 is 2. The Hall–Kier alpha value is -4.00. The maximum absolute atomic E-state index is 13.4. The summed E-state index contributed by atoms with van der Waals surface area (Å²) in [6, 6.07) is 18.6. The van der Waals surface area contributed by atoms with Gasteiger partial charge in [0.15, 0.2) is 11.5 Å². The predicted molar refractivity (Wildman–Crippen MR) is 116 cm³/mol. The molecule has 3 N–H and O–H groups in total. The van der Waals surface area contributed by atoms with Crippen molar-refractivity contribution in [2.45, 2.75) is 0 Å². The summed E-state index contributed by atoms with van der Waals surface area (Å²) in [6.07, 6.45) is 0. The van der Waals surface area contributed by atoms with Gasteiger partial charge in [0.05, 0.1) is 14.2 Å². The van der Waals surface area contributed by atoms with Gasteiger partial charge in [-0.3, -0.25) is 0 Å². The molecule has 0 aliphatic carbocycles. The molecule has 4 aromatic rings. The maximum atomic E-state index is 13.4. The van der Waals surface area contributed by atoms with Gasteiger partial charge in [-0.15, -0.1) is 0 Å². The Morgan fingerprint density at radius 1 is 0.833 bits per heavy atom. The fourth-order valence-corrected chi connectivity index (χ4v) is 3.20. The lowest BCUT2D eigenvalue weighted by Gasteiger charge is -2.11. The van der Waals surface area contributed by atoms with Gasteiger partial charge in [-0.05, 0) is 54.1 Å². The van der Waals surface area contributed by atoms with Crippen molar-refractivity contribution in [1.29, 1.82) is 0 Å². The summed E-state index contributed by atoms with van der Waals surface area (Å²) < 4.78 is 23.8. The van der Waals surface area contributed by atoms with E-state index in [4.69, 9.17) is 9.47 Å². The van der Waals surface area contributed by atoms with E-state index in [0.717, 1.165) is 22.2 Å². The van der Waals surface area contributed by atoms with E-state index >= 15 is 0 Å². The SMILES string of the molecule is COc1ccc(NC(=O)Nc2ccc(-c3cc4cc(F)ccc4[nH]3)cc2)cc1OC. The molecular weight excluding hydrogens is 385 g/mol. The summed E-state index contributed by atoms with van der Waals surface area (Å²) in [5.74, 6) is 0.838. The van der Waals surface area contributed by atoms with Crippen molar-refractivity contribution in [1.82, 2.24) is 4.98 Å². The quantitative estimate of drug-likeness (QED) is 0.402. The van der Waals surface area contributed by atoms with Crippen LogP contribution in [0.25, 0.3) is 22.2 Å². The molecule has 0 aliphatic rings. The lowest BCUT2D eigenvalue weighted by Crippen LogP contribution is -2.19. The molecule has 30 heavy (non-hydrogen) atoms. The van der Waals surface area contributed by atoms with Crippen LogP contribution in [0.15, 0.2) is 66.7 Å². The highest BCUT2D eigenvalue weighted by molar-refractivity contribution is 6.00. The number of fused-ring (bicyclic) bond motifs is 1. The Kier molecular flexibility index (Phi) is 5.26. The second kappa shape index (κ2) is 8.16. The van der Waals surface area contributed by atoms with Gasteiger partial charge in [0.2, 0.25) is 0 Å². The Balaban J connectivity index is 1.44. The van der Waals surface area contributed by atoms with E-state index in [1.54, 1.807) is 43.5 Å². The first-order valence-corrected chi connectivity index (χ1v) is 9.24. The minimum atomic E-state index is -0.379. The van der Waals surface area contributed by atoms with E-state index < -0.39 is 0 Å². The summed E-state index contributed by atoms with van der Waals surface area (Å²) in [4.78, 5) is 15.6. The van der Waals surface area contributed by atoms with Crippen molar-refractivity contribution in [3.05, 3.63) is 72.5 Å². The highest BCUT2D eigenvalue weighted by atomic mass is 19.1. The molecule has 0 aliphatic heterocycles.